The number of hydrogen-bond acceptors (Lipinski definition) is 5. The normalized spacial score (nSPS) is 24.6. The molecule has 0 saturated heterocycles. The van der Waals surface area contributed by atoms with Gasteiger partial charge in [-0.15, -0.1) is 0 Å². The Morgan fingerprint density at radius 2 is 2.14 bits per heavy atom. The Morgan fingerprint density at radius 3 is 2.75 bits per heavy atom. The van der Waals surface area contributed by atoms with E-state index in [1.165, 1.54) is 29.9 Å². The molecule has 0 unspecified atom stereocenters. The molecule has 3 heterocycles. The van der Waals surface area contributed by atoms with Crippen molar-refractivity contribution in [1.29, 1.82) is 0 Å². The van der Waals surface area contributed by atoms with E-state index in [0.717, 1.165) is 0 Å². The molecule has 0 spiro atoms. The van der Waals surface area contributed by atoms with Gasteiger partial charge in [-0.2, -0.15) is 9.49 Å². The molecule has 7 nitrogen and oxygen atoms in total. The summed E-state index contributed by atoms with van der Waals surface area (Å²) in [5.74, 6) is -1.30. The van der Waals surface area contributed by atoms with Crippen molar-refractivity contribution in [1.82, 2.24) is 14.6 Å². The highest BCUT2D eigenvalue weighted by molar-refractivity contribution is 6.02. The van der Waals surface area contributed by atoms with Gasteiger partial charge >= 0.3 is 0 Å². The van der Waals surface area contributed by atoms with Crippen molar-refractivity contribution in [3.05, 3.63) is 48.3 Å². The molecule has 3 aromatic heterocycles. The van der Waals surface area contributed by atoms with Crippen LogP contribution >= 0.6 is 0 Å². The standard InChI is InChI=1S/C19H19F2N5O2/c1-19(21)14(3-4-15(19)27)25-17-12(18(22)28)8-24-26-9-11(6-13(17)26)10-2-5-16(20)23-7-10/h2,5-9,14-15,25,27H,3-4H2,1H3,(H2,22,28)/t14-,15-,19-/m1/s1. The number of aromatic nitrogens is 3. The smallest absolute Gasteiger partial charge is 0.252 e. The highest BCUT2D eigenvalue weighted by Crippen LogP contribution is 2.38. The molecule has 0 radical (unpaired) electrons. The van der Waals surface area contributed by atoms with Gasteiger partial charge in [0.25, 0.3) is 5.91 Å². The summed E-state index contributed by atoms with van der Waals surface area (Å²) >= 11 is 0. The van der Waals surface area contributed by atoms with Crippen LogP contribution in [0.3, 0.4) is 0 Å². The van der Waals surface area contributed by atoms with E-state index in [1.807, 2.05) is 0 Å². The maximum absolute atomic E-state index is 14.9. The van der Waals surface area contributed by atoms with Crippen LogP contribution in [-0.2, 0) is 0 Å². The summed E-state index contributed by atoms with van der Waals surface area (Å²) < 4.78 is 29.5. The Hall–Kier alpha value is -3.07. The van der Waals surface area contributed by atoms with E-state index in [2.05, 4.69) is 15.4 Å². The molecule has 1 amide bonds. The number of nitrogens with zero attached hydrogens (tertiary/aromatic N) is 3. The molecule has 3 atom stereocenters. The minimum Gasteiger partial charge on any atom is -0.390 e. The van der Waals surface area contributed by atoms with Crippen LogP contribution in [0.5, 0.6) is 0 Å². The average Bonchev–Trinajstić information content (AvgIpc) is 3.19. The van der Waals surface area contributed by atoms with Crippen molar-refractivity contribution in [2.45, 2.75) is 37.6 Å². The highest BCUT2D eigenvalue weighted by atomic mass is 19.1. The largest absolute Gasteiger partial charge is 0.390 e. The minimum absolute atomic E-state index is 0.117. The predicted octanol–water partition coefficient (Wildman–Crippen LogP) is 2.30. The quantitative estimate of drug-likeness (QED) is 0.596. The zero-order valence-electron chi connectivity index (χ0n) is 15.1. The van der Waals surface area contributed by atoms with Crippen LogP contribution in [0.15, 0.2) is 36.8 Å². The van der Waals surface area contributed by atoms with Crippen LogP contribution < -0.4 is 11.1 Å². The minimum atomic E-state index is -1.86. The number of primary amides is 1. The first-order valence-corrected chi connectivity index (χ1v) is 8.84. The number of aliphatic hydroxyl groups is 1. The Labute approximate surface area is 159 Å². The summed E-state index contributed by atoms with van der Waals surface area (Å²) in [6, 6.07) is 3.86. The van der Waals surface area contributed by atoms with E-state index in [9.17, 15) is 18.7 Å². The SMILES string of the molecule is C[C@]1(F)[C@H](O)CC[C@H]1Nc1c(C(N)=O)cnn2cc(-c3ccc(F)nc3)cc12. The number of carbonyl (C=O) groups excluding carboxylic acids is 1. The van der Waals surface area contributed by atoms with Crippen LogP contribution in [0.1, 0.15) is 30.1 Å². The van der Waals surface area contributed by atoms with Crippen molar-refractivity contribution in [2.75, 3.05) is 5.32 Å². The van der Waals surface area contributed by atoms with Gasteiger partial charge in [0.2, 0.25) is 5.95 Å². The summed E-state index contributed by atoms with van der Waals surface area (Å²) in [6.45, 7) is 1.33. The van der Waals surface area contributed by atoms with Crippen LogP contribution in [0.2, 0.25) is 0 Å². The molecular weight excluding hydrogens is 368 g/mol. The molecule has 0 bridgehead atoms. The summed E-state index contributed by atoms with van der Waals surface area (Å²) in [4.78, 5) is 15.6. The fourth-order valence-corrected chi connectivity index (χ4v) is 3.61. The van der Waals surface area contributed by atoms with Crippen molar-refractivity contribution in [3.8, 4) is 11.1 Å². The second-order valence-electron chi connectivity index (χ2n) is 7.17. The van der Waals surface area contributed by atoms with Crippen molar-refractivity contribution >= 4 is 17.1 Å². The molecule has 1 aliphatic carbocycles. The zero-order chi connectivity index (χ0) is 20.1. The third-order valence-corrected chi connectivity index (χ3v) is 5.34. The number of halogens is 2. The number of fused-ring (bicyclic) bond motifs is 1. The fraction of sp³-hybridized carbons (Fsp3) is 0.316. The van der Waals surface area contributed by atoms with Gasteiger partial charge in [0, 0.05) is 23.5 Å². The Bertz CT molecular complexity index is 1050. The number of nitrogens with one attached hydrogen (secondary N) is 1. The van der Waals surface area contributed by atoms with E-state index in [-0.39, 0.29) is 5.56 Å². The second kappa shape index (κ2) is 6.52. The number of anilines is 1. The summed E-state index contributed by atoms with van der Waals surface area (Å²) in [5, 5.41) is 17.2. The van der Waals surface area contributed by atoms with Crippen molar-refractivity contribution < 1.29 is 18.7 Å². The first-order chi connectivity index (χ1) is 13.3. The number of alkyl halides is 1. The third kappa shape index (κ3) is 2.97. The molecule has 4 rings (SSSR count). The molecule has 1 fully saturated rings. The lowest BCUT2D eigenvalue weighted by Crippen LogP contribution is -2.43. The Kier molecular flexibility index (Phi) is 4.26. The number of aliphatic hydroxyl groups excluding tert-OH is 1. The lowest BCUT2D eigenvalue weighted by molar-refractivity contribution is 0.0253. The number of rotatable bonds is 4. The predicted molar refractivity (Wildman–Crippen MR) is 99.1 cm³/mol. The van der Waals surface area contributed by atoms with Gasteiger partial charge in [-0.3, -0.25) is 4.79 Å². The first kappa shape index (κ1) is 18.3. The lowest BCUT2D eigenvalue weighted by Gasteiger charge is -2.28. The van der Waals surface area contributed by atoms with Crippen LogP contribution in [-0.4, -0.2) is 43.4 Å². The van der Waals surface area contributed by atoms with Crippen LogP contribution in [0.25, 0.3) is 16.6 Å². The Balaban J connectivity index is 1.82. The number of hydrogen-bond donors (Lipinski definition) is 3. The van der Waals surface area contributed by atoms with Gasteiger partial charge in [0.05, 0.1) is 35.1 Å². The maximum Gasteiger partial charge on any atom is 0.252 e. The van der Waals surface area contributed by atoms with E-state index in [0.29, 0.717) is 35.2 Å². The second-order valence-corrected chi connectivity index (χ2v) is 7.17. The summed E-state index contributed by atoms with van der Waals surface area (Å²) in [7, 11) is 0. The third-order valence-electron chi connectivity index (χ3n) is 5.34. The first-order valence-electron chi connectivity index (χ1n) is 8.84. The van der Waals surface area contributed by atoms with Gasteiger partial charge in [-0.25, -0.2) is 13.9 Å². The molecule has 0 aromatic carbocycles. The molecule has 9 heteroatoms. The molecule has 1 aliphatic rings. The van der Waals surface area contributed by atoms with E-state index < -0.39 is 29.7 Å². The van der Waals surface area contributed by atoms with Crippen molar-refractivity contribution in [3.63, 3.8) is 0 Å². The molecule has 4 N–H and O–H groups in total. The summed E-state index contributed by atoms with van der Waals surface area (Å²) in [6.07, 6.45) is 4.01. The van der Waals surface area contributed by atoms with Gasteiger partial charge in [0.1, 0.15) is 0 Å². The van der Waals surface area contributed by atoms with E-state index >= 15 is 0 Å². The number of nitrogens with two attached hydrogens (primary N) is 1. The van der Waals surface area contributed by atoms with E-state index in [4.69, 9.17) is 5.73 Å². The molecule has 0 aliphatic heterocycles. The van der Waals surface area contributed by atoms with Crippen LogP contribution in [0.4, 0.5) is 14.5 Å². The monoisotopic (exact) mass is 387 g/mol. The molecule has 1 saturated carbocycles. The number of carbonyl (C=O) groups is 1. The molecule has 28 heavy (non-hydrogen) atoms. The molecular formula is C19H19F2N5O2. The number of amides is 1. The summed E-state index contributed by atoms with van der Waals surface area (Å²) in [5.41, 5.74) is 5.95. The number of pyridine rings is 1. The van der Waals surface area contributed by atoms with Gasteiger partial charge in [-0.1, -0.05) is 0 Å². The van der Waals surface area contributed by atoms with Crippen LogP contribution in [0, 0.1) is 5.95 Å². The Morgan fingerprint density at radius 1 is 1.36 bits per heavy atom. The molecule has 3 aromatic rings. The van der Waals surface area contributed by atoms with Gasteiger partial charge in [0.15, 0.2) is 5.67 Å². The zero-order valence-corrected chi connectivity index (χ0v) is 15.1. The topological polar surface area (TPSA) is 106 Å². The van der Waals surface area contributed by atoms with E-state index in [1.54, 1.807) is 18.3 Å². The maximum atomic E-state index is 14.9. The lowest BCUT2D eigenvalue weighted by atomic mass is 10.00. The van der Waals surface area contributed by atoms with Gasteiger partial charge < -0.3 is 16.2 Å². The molecule has 146 valence electrons. The fourth-order valence-electron chi connectivity index (χ4n) is 3.61. The van der Waals surface area contributed by atoms with Gasteiger partial charge in [-0.05, 0) is 38.0 Å². The average molecular weight is 387 g/mol. The van der Waals surface area contributed by atoms with Crippen molar-refractivity contribution in [2.24, 2.45) is 5.73 Å². The highest BCUT2D eigenvalue weighted by Gasteiger charge is 2.47.